The van der Waals surface area contributed by atoms with Gasteiger partial charge < -0.3 is 20.3 Å². The first-order valence-electron chi connectivity index (χ1n) is 12.9. The first-order chi connectivity index (χ1) is 17.4. The van der Waals surface area contributed by atoms with Gasteiger partial charge in [-0.2, -0.15) is 5.10 Å². The van der Waals surface area contributed by atoms with Crippen LogP contribution in [0, 0.1) is 0 Å². The summed E-state index contributed by atoms with van der Waals surface area (Å²) in [5, 5.41) is 11.2. The topological polar surface area (TPSA) is 123 Å². The van der Waals surface area contributed by atoms with E-state index in [1.54, 1.807) is 36.1 Å². The molecule has 3 rings (SSSR count). The largest absolute Gasteiger partial charge is 0.450 e. The van der Waals surface area contributed by atoms with E-state index >= 15 is 0 Å². The summed E-state index contributed by atoms with van der Waals surface area (Å²) in [6.45, 7) is 6.11. The van der Waals surface area contributed by atoms with E-state index in [0.29, 0.717) is 62.8 Å². The lowest BCUT2D eigenvalue weighted by Crippen LogP contribution is -2.46. The summed E-state index contributed by atoms with van der Waals surface area (Å²) in [6.07, 6.45) is 4.65. The second-order valence-corrected chi connectivity index (χ2v) is 9.02. The van der Waals surface area contributed by atoms with Gasteiger partial charge in [-0.15, -0.1) is 0 Å². The molecule has 2 aromatic rings. The summed E-state index contributed by atoms with van der Waals surface area (Å²) in [4.78, 5) is 51.5. The number of unbranched alkanes of at least 4 members (excludes halogenated alkanes) is 2. The number of ether oxygens (including phenoxy) is 1. The summed E-state index contributed by atoms with van der Waals surface area (Å²) in [5.74, 6) is -0.436. The van der Waals surface area contributed by atoms with Crippen molar-refractivity contribution in [2.75, 3.05) is 26.2 Å². The average molecular weight is 500 g/mol. The fourth-order valence-electron chi connectivity index (χ4n) is 4.32. The van der Waals surface area contributed by atoms with E-state index in [1.165, 1.54) is 4.68 Å². The molecule has 0 aliphatic carbocycles. The van der Waals surface area contributed by atoms with E-state index in [1.807, 2.05) is 0 Å². The van der Waals surface area contributed by atoms with Crippen molar-refractivity contribution in [2.24, 2.45) is 0 Å². The molecule has 2 heterocycles. The number of fused-ring (bicyclic) bond motifs is 1. The molecule has 10 heteroatoms. The van der Waals surface area contributed by atoms with Crippen LogP contribution in [0.4, 0.5) is 4.79 Å². The van der Waals surface area contributed by atoms with E-state index < -0.39 is 0 Å². The number of benzene rings is 1. The Labute approximate surface area is 211 Å². The van der Waals surface area contributed by atoms with Crippen LogP contribution in [0.5, 0.6) is 0 Å². The Kier molecular flexibility index (Phi) is 10.3. The van der Waals surface area contributed by atoms with Gasteiger partial charge in [0, 0.05) is 44.0 Å². The Balaban J connectivity index is 1.48. The van der Waals surface area contributed by atoms with Crippen LogP contribution in [-0.2, 0) is 16.1 Å². The lowest BCUT2D eigenvalue weighted by atomic mass is 10.1. The van der Waals surface area contributed by atoms with E-state index in [9.17, 15) is 19.2 Å². The number of aromatic nitrogens is 2. The molecular weight excluding hydrogens is 462 g/mol. The van der Waals surface area contributed by atoms with Crippen molar-refractivity contribution in [2.45, 2.75) is 71.4 Å². The molecule has 0 bridgehead atoms. The van der Waals surface area contributed by atoms with E-state index in [0.717, 1.165) is 19.3 Å². The maximum atomic E-state index is 12.9. The standard InChI is InChI=1S/C26H37N5O5/c1-3-5-8-16-31-25(34)21-11-7-6-10-20(21)23(29-31)24(33)27-15-9-12-22(32)28-19-13-17-30(18-14-19)26(35)36-4-2/h6-7,10-11,19H,3-5,8-9,12-18H2,1-2H3,(H,27,33)(H,28,32). The van der Waals surface area contributed by atoms with Crippen molar-refractivity contribution in [1.29, 1.82) is 0 Å². The van der Waals surface area contributed by atoms with Crippen LogP contribution in [0.1, 0.15) is 69.3 Å². The van der Waals surface area contributed by atoms with Gasteiger partial charge in [0.05, 0.1) is 12.0 Å². The molecule has 196 valence electrons. The van der Waals surface area contributed by atoms with Gasteiger partial charge in [-0.3, -0.25) is 14.4 Å². The second-order valence-electron chi connectivity index (χ2n) is 9.02. The molecule has 36 heavy (non-hydrogen) atoms. The first-order valence-corrected chi connectivity index (χ1v) is 12.9. The molecule has 1 aromatic carbocycles. The predicted octanol–water partition coefficient (Wildman–Crippen LogP) is 2.83. The summed E-state index contributed by atoms with van der Waals surface area (Å²) in [7, 11) is 0. The normalized spacial score (nSPS) is 14.0. The van der Waals surface area contributed by atoms with Gasteiger partial charge in [-0.25, -0.2) is 9.48 Å². The number of carbonyl (C=O) groups is 3. The summed E-state index contributed by atoms with van der Waals surface area (Å²) in [6, 6.07) is 7.04. The number of likely N-dealkylation sites (tertiary alicyclic amines) is 1. The van der Waals surface area contributed by atoms with Crippen molar-refractivity contribution in [3.05, 3.63) is 40.3 Å². The highest BCUT2D eigenvalue weighted by Crippen LogP contribution is 2.14. The number of carbonyl (C=O) groups excluding carboxylic acids is 3. The number of nitrogens with zero attached hydrogens (tertiary/aromatic N) is 3. The zero-order valence-corrected chi connectivity index (χ0v) is 21.3. The first kappa shape index (κ1) is 27.2. The number of rotatable bonds is 11. The monoisotopic (exact) mass is 499 g/mol. The fourth-order valence-corrected chi connectivity index (χ4v) is 4.32. The average Bonchev–Trinajstić information content (AvgIpc) is 2.88. The van der Waals surface area contributed by atoms with Crippen LogP contribution < -0.4 is 16.2 Å². The van der Waals surface area contributed by atoms with Gasteiger partial charge in [0.1, 0.15) is 0 Å². The number of hydrogen-bond donors (Lipinski definition) is 2. The number of piperidine rings is 1. The highest BCUT2D eigenvalue weighted by atomic mass is 16.6. The Morgan fingerprint density at radius 2 is 1.78 bits per heavy atom. The molecule has 1 aliphatic heterocycles. The van der Waals surface area contributed by atoms with Crippen LogP contribution in [-0.4, -0.2) is 64.9 Å². The SMILES string of the molecule is CCCCCn1nc(C(=O)NCCCC(=O)NC2CCN(C(=O)OCC)CC2)c2ccccc2c1=O. The molecule has 1 aliphatic rings. The molecule has 1 saturated heterocycles. The Morgan fingerprint density at radius 1 is 1.06 bits per heavy atom. The Bertz CT molecular complexity index is 1110. The molecule has 1 aromatic heterocycles. The van der Waals surface area contributed by atoms with Gasteiger partial charge in [0.25, 0.3) is 11.5 Å². The quantitative estimate of drug-likeness (QED) is 0.459. The molecule has 2 N–H and O–H groups in total. The van der Waals surface area contributed by atoms with Gasteiger partial charge in [0.15, 0.2) is 5.69 Å². The maximum Gasteiger partial charge on any atom is 0.409 e. The van der Waals surface area contributed by atoms with Crippen molar-refractivity contribution < 1.29 is 19.1 Å². The van der Waals surface area contributed by atoms with Crippen LogP contribution in [0.3, 0.4) is 0 Å². The summed E-state index contributed by atoms with van der Waals surface area (Å²) in [5.41, 5.74) is 0.0301. The summed E-state index contributed by atoms with van der Waals surface area (Å²) >= 11 is 0. The zero-order chi connectivity index (χ0) is 25.9. The van der Waals surface area contributed by atoms with Crippen molar-refractivity contribution in [1.82, 2.24) is 25.3 Å². The Hall–Kier alpha value is -3.43. The van der Waals surface area contributed by atoms with E-state index in [4.69, 9.17) is 4.74 Å². The van der Waals surface area contributed by atoms with E-state index in [2.05, 4.69) is 22.7 Å². The lowest BCUT2D eigenvalue weighted by molar-refractivity contribution is -0.122. The minimum Gasteiger partial charge on any atom is -0.450 e. The lowest BCUT2D eigenvalue weighted by Gasteiger charge is -2.31. The van der Waals surface area contributed by atoms with E-state index in [-0.39, 0.29) is 41.6 Å². The fraction of sp³-hybridized carbons (Fsp3) is 0.577. The molecule has 0 unspecified atom stereocenters. The molecular formula is C26H37N5O5. The minimum atomic E-state index is -0.359. The van der Waals surface area contributed by atoms with Gasteiger partial charge in [-0.05, 0) is 38.7 Å². The Morgan fingerprint density at radius 3 is 2.47 bits per heavy atom. The molecule has 0 saturated carbocycles. The van der Waals surface area contributed by atoms with Crippen LogP contribution >= 0.6 is 0 Å². The molecule has 10 nitrogen and oxygen atoms in total. The number of amides is 3. The molecule has 0 spiro atoms. The number of nitrogens with one attached hydrogen (secondary N) is 2. The smallest absolute Gasteiger partial charge is 0.409 e. The van der Waals surface area contributed by atoms with Crippen LogP contribution in [0.25, 0.3) is 10.8 Å². The van der Waals surface area contributed by atoms with Crippen molar-refractivity contribution in [3.63, 3.8) is 0 Å². The van der Waals surface area contributed by atoms with Crippen molar-refractivity contribution >= 4 is 28.7 Å². The zero-order valence-electron chi connectivity index (χ0n) is 21.3. The van der Waals surface area contributed by atoms with Crippen molar-refractivity contribution in [3.8, 4) is 0 Å². The molecule has 0 radical (unpaired) electrons. The third-order valence-corrected chi connectivity index (χ3v) is 6.31. The second kappa shape index (κ2) is 13.6. The molecule has 3 amide bonds. The number of aryl methyl sites for hydroxylation is 1. The third kappa shape index (κ3) is 7.29. The third-order valence-electron chi connectivity index (χ3n) is 6.31. The van der Waals surface area contributed by atoms with Gasteiger partial charge >= 0.3 is 6.09 Å². The predicted molar refractivity (Wildman–Crippen MR) is 137 cm³/mol. The highest BCUT2D eigenvalue weighted by Gasteiger charge is 2.24. The van der Waals surface area contributed by atoms with Crippen LogP contribution in [0.15, 0.2) is 29.1 Å². The highest BCUT2D eigenvalue weighted by molar-refractivity contribution is 6.04. The maximum absolute atomic E-state index is 12.9. The summed E-state index contributed by atoms with van der Waals surface area (Å²) < 4.78 is 6.40. The van der Waals surface area contributed by atoms with Crippen LogP contribution in [0.2, 0.25) is 0 Å². The van der Waals surface area contributed by atoms with Gasteiger partial charge in [0.2, 0.25) is 5.91 Å². The molecule has 0 atom stereocenters. The van der Waals surface area contributed by atoms with Gasteiger partial charge in [-0.1, -0.05) is 38.0 Å². The number of hydrogen-bond acceptors (Lipinski definition) is 6. The minimum absolute atomic E-state index is 0.0297. The molecule has 1 fully saturated rings.